The van der Waals surface area contributed by atoms with Crippen LogP contribution in [0.5, 0.6) is 0 Å². The number of rotatable bonds is 5. The first kappa shape index (κ1) is 19.7. The van der Waals surface area contributed by atoms with Crippen molar-refractivity contribution in [2.24, 2.45) is 0 Å². The maximum atomic E-state index is 12.5. The normalized spacial score (nSPS) is 10.9. The van der Waals surface area contributed by atoms with E-state index in [1.54, 1.807) is 24.3 Å². The fraction of sp³-hybridized carbons (Fsp3) is 0.158. The molecule has 5 nitrogen and oxygen atoms in total. The number of Topliss-reactive ketones (excluding diaryl/α,β-unsaturated/α-hetero) is 1. The van der Waals surface area contributed by atoms with Gasteiger partial charge in [-0.3, -0.25) is 4.79 Å². The van der Waals surface area contributed by atoms with Crippen LogP contribution in [0.15, 0.2) is 45.5 Å². The van der Waals surface area contributed by atoms with Crippen LogP contribution in [0.1, 0.15) is 32.3 Å². The van der Waals surface area contributed by atoms with Crippen LogP contribution >= 0.6 is 39.1 Å². The highest BCUT2D eigenvalue weighted by Gasteiger charge is 2.20. The molecule has 2 aromatic heterocycles. The number of carbonyl (C=O) groups excluding carboxylic acids is 2. The molecule has 0 unspecified atom stereocenters. The second-order valence-electron chi connectivity index (χ2n) is 5.82. The number of nitrogens with zero attached hydrogens (tertiary/aromatic N) is 1. The Bertz CT molecular complexity index is 1040. The summed E-state index contributed by atoms with van der Waals surface area (Å²) in [6.45, 7) is 3.30. The Morgan fingerprint density at radius 3 is 2.48 bits per heavy atom. The van der Waals surface area contributed by atoms with E-state index in [9.17, 15) is 9.59 Å². The Balaban J connectivity index is 1.80. The minimum atomic E-state index is -0.702. The predicted octanol–water partition coefficient (Wildman–Crippen LogP) is 5.80. The molecule has 0 radical (unpaired) electrons. The molecule has 27 heavy (non-hydrogen) atoms. The average Bonchev–Trinajstić information content (AvgIpc) is 3.18. The SMILES string of the molecule is Cc1cc(C(=O)COC(=O)c2ccc(Br)o2)c(C)n1-c1ccc(Cl)c(Cl)c1. The number of ether oxygens (including phenoxy) is 1. The molecule has 140 valence electrons. The zero-order valence-corrected chi connectivity index (χ0v) is 17.5. The highest BCUT2D eigenvalue weighted by Crippen LogP contribution is 2.28. The van der Waals surface area contributed by atoms with E-state index in [1.165, 1.54) is 6.07 Å². The van der Waals surface area contributed by atoms with Crippen molar-refractivity contribution in [3.05, 3.63) is 73.8 Å². The Kier molecular flexibility index (Phi) is 5.79. The summed E-state index contributed by atoms with van der Waals surface area (Å²) in [7, 11) is 0. The van der Waals surface area contributed by atoms with E-state index in [0.29, 0.717) is 26.0 Å². The molecule has 0 amide bonds. The summed E-state index contributed by atoms with van der Waals surface area (Å²) < 4.78 is 12.5. The third kappa shape index (κ3) is 4.13. The first-order chi connectivity index (χ1) is 12.8. The summed E-state index contributed by atoms with van der Waals surface area (Å²) in [6, 6.07) is 10.0. The number of hydrogen-bond donors (Lipinski definition) is 0. The van der Waals surface area contributed by atoms with Gasteiger partial charge >= 0.3 is 5.97 Å². The van der Waals surface area contributed by atoms with Gasteiger partial charge in [0.25, 0.3) is 0 Å². The number of hydrogen-bond acceptors (Lipinski definition) is 4. The molecule has 1 aromatic carbocycles. The minimum absolute atomic E-state index is 0.0240. The van der Waals surface area contributed by atoms with Crippen LogP contribution in [-0.4, -0.2) is 22.9 Å². The molecule has 0 saturated carbocycles. The Morgan fingerprint density at radius 2 is 1.85 bits per heavy atom. The van der Waals surface area contributed by atoms with E-state index in [4.69, 9.17) is 32.4 Å². The highest BCUT2D eigenvalue weighted by molar-refractivity contribution is 9.10. The zero-order valence-electron chi connectivity index (χ0n) is 14.4. The third-order valence-corrected chi connectivity index (χ3v) is 5.17. The molecule has 0 fully saturated rings. The van der Waals surface area contributed by atoms with Gasteiger partial charge in [0.05, 0.1) is 10.0 Å². The molecule has 0 aliphatic rings. The number of benzene rings is 1. The smallest absolute Gasteiger partial charge is 0.374 e. The van der Waals surface area contributed by atoms with Crippen LogP contribution in [0.25, 0.3) is 5.69 Å². The second kappa shape index (κ2) is 7.92. The Morgan fingerprint density at radius 1 is 1.11 bits per heavy atom. The number of esters is 1. The number of carbonyl (C=O) groups is 2. The second-order valence-corrected chi connectivity index (χ2v) is 7.42. The summed E-state index contributed by atoms with van der Waals surface area (Å²) in [5, 5.41) is 0.878. The maximum Gasteiger partial charge on any atom is 0.374 e. The van der Waals surface area contributed by atoms with Gasteiger partial charge < -0.3 is 13.7 Å². The van der Waals surface area contributed by atoms with Gasteiger partial charge in [-0.1, -0.05) is 23.2 Å². The molecule has 0 atom stereocenters. The standard InChI is InChI=1S/C19H14BrCl2NO4/c1-10-7-13(11(2)23(10)12-3-4-14(21)15(22)8-12)16(24)9-26-19(25)17-5-6-18(20)27-17/h3-8H,9H2,1-2H3. The summed E-state index contributed by atoms with van der Waals surface area (Å²) in [6.07, 6.45) is 0. The lowest BCUT2D eigenvalue weighted by Crippen LogP contribution is -2.14. The van der Waals surface area contributed by atoms with Crippen molar-refractivity contribution >= 4 is 50.9 Å². The monoisotopic (exact) mass is 469 g/mol. The van der Waals surface area contributed by atoms with E-state index in [0.717, 1.165) is 11.4 Å². The lowest BCUT2D eigenvalue weighted by molar-refractivity contribution is 0.0442. The van der Waals surface area contributed by atoms with Crippen molar-refractivity contribution in [2.45, 2.75) is 13.8 Å². The Hall–Kier alpha value is -2.02. The summed E-state index contributed by atoms with van der Waals surface area (Å²) in [5.74, 6) is -0.989. The van der Waals surface area contributed by atoms with Crippen LogP contribution in [-0.2, 0) is 4.74 Å². The molecular weight excluding hydrogens is 457 g/mol. The van der Waals surface area contributed by atoms with Crippen LogP contribution in [0.3, 0.4) is 0 Å². The molecule has 0 bridgehead atoms. The molecule has 0 saturated heterocycles. The van der Waals surface area contributed by atoms with Crippen molar-refractivity contribution in [3.8, 4) is 5.69 Å². The molecule has 8 heteroatoms. The molecule has 3 rings (SSSR count). The fourth-order valence-electron chi connectivity index (χ4n) is 2.77. The summed E-state index contributed by atoms with van der Waals surface area (Å²) >= 11 is 15.2. The van der Waals surface area contributed by atoms with Crippen LogP contribution in [0.2, 0.25) is 10.0 Å². The first-order valence-electron chi connectivity index (χ1n) is 7.88. The van der Waals surface area contributed by atoms with Gasteiger partial charge in [0.2, 0.25) is 11.5 Å². The average molecular weight is 471 g/mol. The van der Waals surface area contributed by atoms with Crippen molar-refractivity contribution in [3.63, 3.8) is 0 Å². The van der Waals surface area contributed by atoms with Crippen LogP contribution in [0, 0.1) is 13.8 Å². The van der Waals surface area contributed by atoms with Gasteiger partial charge in [-0.15, -0.1) is 0 Å². The predicted molar refractivity (Wildman–Crippen MR) is 106 cm³/mol. The van der Waals surface area contributed by atoms with Crippen molar-refractivity contribution < 1.29 is 18.7 Å². The quantitative estimate of drug-likeness (QED) is 0.349. The van der Waals surface area contributed by atoms with Crippen molar-refractivity contribution in [2.75, 3.05) is 6.61 Å². The van der Waals surface area contributed by atoms with Gasteiger partial charge in [0, 0.05) is 22.6 Å². The van der Waals surface area contributed by atoms with Crippen molar-refractivity contribution in [1.82, 2.24) is 4.57 Å². The number of aromatic nitrogens is 1. The van der Waals surface area contributed by atoms with Gasteiger partial charge in [0.1, 0.15) is 0 Å². The van der Waals surface area contributed by atoms with Gasteiger partial charge in [0.15, 0.2) is 11.3 Å². The zero-order chi connectivity index (χ0) is 19.7. The summed E-state index contributed by atoms with van der Waals surface area (Å²) in [4.78, 5) is 24.5. The number of aryl methyl sites for hydroxylation is 1. The number of halogens is 3. The molecule has 0 N–H and O–H groups in total. The minimum Gasteiger partial charge on any atom is -0.451 e. The van der Waals surface area contributed by atoms with E-state index in [1.807, 2.05) is 24.5 Å². The van der Waals surface area contributed by atoms with E-state index >= 15 is 0 Å². The van der Waals surface area contributed by atoms with Crippen LogP contribution < -0.4 is 0 Å². The van der Waals surface area contributed by atoms with Crippen molar-refractivity contribution in [1.29, 1.82) is 0 Å². The third-order valence-electron chi connectivity index (χ3n) is 4.00. The lowest BCUT2D eigenvalue weighted by atomic mass is 10.1. The van der Waals surface area contributed by atoms with Gasteiger partial charge in [-0.05, 0) is 66.2 Å². The van der Waals surface area contributed by atoms with E-state index in [-0.39, 0.29) is 18.2 Å². The van der Waals surface area contributed by atoms with Gasteiger partial charge in [-0.2, -0.15) is 0 Å². The Labute approximate surface area is 173 Å². The van der Waals surface area contributed by atoms with E-state index < -0.39 is 5.97 Å². The first-order valence-corrected chi connectivity index (χ1v) is 9.43. The largest absolute Gasteiger partial charge is 0.451 e. The molecule has 0 spiro atoms. The molecule has 2 heterocycles. The lowest BCUT2D eigenvalue weighted by Gasteiger charge is -2.11. The summed E-state index contributed by atoms with van der Waals surface area (Å²) in [5.41, 5.74) is 2.81. The molecule has 0 aliphatic heterocycles. The van der Waals surface area contributed by atoms with Crippen LogP contribution in [0.4, 0.5) is 0 Å². The fourth-order valence-corrected chi connectivity index (χ4v) is 3.37. The molecule has 0 aliphatic carbocycles. The topological polar surface area (TPSA) is 61.4 Å². The van der Waals surface area contributed by atoms with Gasteiger partial charge in [-0.25, -0.2) is 4.79 Å². The van der Waals surface area contributed by atoms with E-state index in [2.05, 4.69) is 15.9 Å². The number of ketones is 1. The molecule has 3 aromatic rings. The highest BCUT2D eigenvalue weighted by atomic mass is 79.9. The maximum absolute atomic E-state index is 12.5. The number of furan rings is 1. The molecular formula is C19H14BrCl2NO4.